The van der Waals surface area contributed by atoms with Gasteiger partial charge in [-0.3, -0.25) is 14.8 Å². The first-order chi connectivity index (χ1) is 10.2. The minimum atomic E-state index is -0.107. The van der Waals surface area contributed by atoms with Gasteiger partial charge in [0.1, 0.15) is 0 Å². The average molecular weight is 290 g/mol. The van der Waals surface area contributed by atoms with Gasteiger partial charge in [0.15, 0.2) is 0 Å². The summed E-state index contributed by atoms with van der Waals surface area (Å²) in [6.45, 7) is 6.90. The Labute approximate surface area is 126 Å². The molecule has 0 saturated carbocycles. The van der Waals surface area contributed by atoms with Gasteiger partial charge in [0.2, 0.25) is 5.91 Å². The predicted octanol–water partition coefficient (Wildman–Crippen LogP) is 1.88. The molecule has 5 heteroatoms. The van der Waals surface area contributed by atoms with Crippen molar-refractivity contribution in [1.82, 2.24) is 20.0 Å². The molecule has 2 aliphatic rings. The van der Waals surface area contributed by atoms with Crippen LogP contribution >= 0.6 is 0 Å². The van der Waals surface area contributed by atoms with E-state index in [-0.39, 0.29) is 18.0 Å². The number of nitrogens with one attached hydrogen (secondary N) is 1. The number of carbonyl (C=O) groups is 1. The summed E-state index contributed by atoms with van der Waals surface area (Å²) in [6.07, 6.45) is 7.66. The van der Waals surface area contributed by atoms with Gasteiger partial charge in [-0.25, -0.2) is 0 Å². The van der Waals surface area contributed by atoms with E-state index in [0.29, 0.717) is 0 Å². The summed E-state index contributed by atoms with van der Waals surface area (Å²) in [7, 11) is 0. The maximum atomic E-state index is 12.4. The Bertz CT molecular complexity index is 504. The van der Waals surface area contributed by atoms with Crippen molar-refractivity contribution in [2.24, 2.45) is 0 Å². The van der Waals surface area contributed by atoms with Gasteiger partial charge in [-0.05, 0) is 46.0 Å². The number of fused-ring (bicyclic) bond motifs is 1. The van der Waals surface area contributed by atoms with Crippen LogP contribution in [0.5, 0.6) is 0 Å². The summed E-state index contributed by atoms with van der Waals surface area (Å²) in [5.74, 6) is 0.252. The van der Waals surface area contributed by atoms with Crippen molar-refractivity contribution in [3.05, 3.63) is 17.5 Å². The van der Waals surface area contributed by atoms with Crippen LogP contribution in [0, 0.1) is 0 Å². The van der Waals surface area contributed by atoms with Crippen molar-refractivity contribution >= 4 is 5.91 Å². The fraction of sp³-hybridized carbons (Fsp3) is 0.750. The lowest BCUT2D eigenvalue weighted by Gasteiger charge is -2.29. The highest BCUT2D eigenvalue weighted by Gasteiger charge is 2.29. The summed E-state index contributed by atoms with van der Waals surface area (Å²) in [4.78, 5) is 14.4. The second-order valence-electron chi connectivity index (χ2n) is 6.23. The molecule has 21 heavy (non-hydrogen) atoms. The molecule has 3 rings (SSSR count). The number of nitrogens with zero attached hydrogens (tertiary/aromatic N) is 3. The van der Waals surface area contributed by atoms with Gasteiger partial charge in [0.25, 0.3) is 0 Å². The molecule has 1 amide bonds. The Morgan fingerprint density at radius 2 is 2.19 bits per heavy atom. The maximum absolute atomic E-state index is 12.4. The SMILES string of the molecule is CCn1ncc2c1CCC[C@@H]2N[C@@H](C)C(=O)N1CCCC1. The lowest BCUT2D eigenvalue weighted by molar-refractivity contribution is -0.132. The molecule has 0 bridgehead atoms. The van der Waals surface area contributed by atoms with Crippen LogP contribution in [0.1, 0.15) is 56.8 Å². The van der Waals surface area contributed by atoms with Gasteiger partial charge < -0.3 is 4.90 Å². The molecule has 5 nitrogen and oxygen atoms in total. The van der Waals surface area contributed by atoms with Crippen LogP contribution < -0.4 is 5.32 Å². The third kappa shape index (κ3) is 2.84. The first kappa shape index (κ1) is 14.6. The average Bonchev–Trinajstić information content (AvgIpc) is 3.16. The molecule has 2 atom stereocenters. The van der Waals surface area contributed by atoms with Gasteiger partial charge in [0, 0.05) is 36.9 Å². The van der Waals surface area contributed by atoms with Crippen LogP contribution in [-0.4, -0.2) is 39.7 Å². The van der Waals surface area contributed by atoms with E-state index in [2.05, 4.69) is 22.0 Å². The van der Waals surface area contributed by atoms with Crippen LogP contribution in [0.15, 0.2) is 6.20 Å². The molecular formula is C16H26N4O. The summed E-state index contributed by atoms with van der Waals surface area (Å²) >= 11 is 0. The second-order valence-corrected chi connectivity index (χ2v) is 6.23. The lowest BCUT2D eigenvalue weighted by atomic mass is 9.92. The fourth-order valence-corrected chi connectivity index (χ4v) is 3.65. The molecule has 0 radical (unpaired) electrons. The van der Waals surface area contributed by atoms with Crippen LogP contribution in [-0.2, 0) is 17.8 Å². The molecule has 1 N–H and O–H groups in total. The number of hydrogen-bond donors (Lipinski definition) is 1. The first-order valence-corrected chi connectivity index (χ1v) is 8.30. The largest absolute Gasteiger partial charge is 0.341 e. The monoisotopic (exact) mass is 290 g/mol. The minimum absolute atomic E-state index is 0.107. The van der Waals surface area contributed by atoms with Crippen molar-refractivity contribution in [3.63, 3.8) is 0 Å². The minimum Gasteiger partial charge on any atom is -0.341 e. The molecule has 1 aliphatic carbocycles. The third-order valence-electron chi connectivity index (χ3n) is 4.80. The van der Waals surface area contributed by atoms with Gasteiger partial charge in [0.05, 0.1) is 12.2 Å². The summed E-state index contributed by atoms with van der Waals surface area (Å²) in [6, 6.07) is 0.166. The zero-order valence-electron chi connectivity index (χ0n) is 13.1. The molecule has 0 unspecified atom stereocenters. The topological polar surface area (TPSA) is 50.2 Å². The van der Waals surface area contributed by atoms with Gasteiger partial charge in [-0.15, -0.1) is 0 Å². The maximum Gasteiger partial charge on any atom is 0.239 e. The van der Waals surface area contributed by atoms with Gasteiger partial charge >= 0.3 is 0 Å². The molecule has 1 saturated heterocycles. The molecule has 116 valence electrons. The highest BCUT2D eigenvalue weighted by atomic mass is 16.2. The van der Waals surface area contributed by atoms with E-state index in [1.54, 1.807) is 0 Å². The zero-order valence-corrected chi connectivity index (χ0v) is 13.1. The van der Waals surface area contributed by atoms with Crippen LogP contribution in [0.4, 0.5) is 0 Å². The Balaban J connectivity index is 1.68. The number of aryl methyl sites for hydroxylation is 1. The normalized spacial score (nSPS) is 23.1. The molecule has 1 aromatic rings. The third-order valence-corrected chi connectivity index (χ3v) is 4.80. The summed E-state index contributed by atoms with van der Waals surface area (Å²) in [5, 5.41) is 8.02. The molecule has 0 spiro atoms. The molecular weight excluding hydrogens is 264 g/mol. The Hall–Kier alpha value is -1.36. The van der Waals surface area contributed by atoms with E-state index in [9.17, 15) is 4.79 Å². The number of hydrogen-bond acceptors (Lipinski definition) is 3. The van der Waals surface area contributed by atoms with Crippen molar-refractivity contribution < 1.29 is 4.79 Å². The number of aromatic nitrogens is 2. The fourth-order valence-electron chi connectivity index (χ4n) is 3.65. The van der Waals surface area contributed by atoms with Crippen LogP contribution in [0.2, 0.25) is 0 Å². The lowest BCUT2D eigenvalue weighted by Crippen LogP contribution is -2.45. The van der Waals surface area contributed by atoms with Crippen LogP contribution in [0.25, 0.3) is 0 Å². The molecule has 1 aromatic heterocycles. The van der Waals surface area contributed by atoms with Crippen LogP contribution in [0.3, 0.4) is 0 Å². The molecule has 1 aliphatic heterocycles. The standard InChI is InChI=1S/C16H26N4O/c1-3-20-15-8-6-7-14(13(15)11-17-20)18-12(2)16(21)19-9-4-5-10-19/h11-12,14,18H,3-10H2,1-2H3/t12-,14-/m0/s1. The van der Waals surface area contributed by atoms with E-state index >= 15 is 0 Å². The second kappa shape index (κ2) is 6.18. The van der Waals surface area contributed by atoms with Gasteiger partial charge in [-0.2, -0.15) is 5.10 Å². The van der Waals surface area contributed by atoms with E-state index in [4.69, 9.17) is 0 Å². The molecule has 0 aromatic carbocycles. The Morgan fingerprint density at radius 1 is 1.43 bits per heavy atom. The number of rotatable bonds is 4. The molecule has 1 fully saturated rings. The van der Waals surface area contributed by atoms with E-state index in [1.807, 2.05) is 18.0 Å². The molecule has 2 heterocycles. The highest BCUT2D eigenvalue weighted by Crippen LogP contribution is 2.30. The quantitative estimate of drug-likeness (QED) is 0.921. The van der Waals surface area contributed by atoms with Crippen molar-refractivity contribution in [2.45, 2.75) is 64.6 Å². The van der Waals surface area contributed by atoms with E-state index in [1.165, 1.54) is 17.7 Å². The zero-order chi connectivity index (χ0) is 14.8. The highest BCUT2D eigenvalue weighted by molar-refractivity contribution is 5.81. The van der Waals surface area contributed by atoms with Crippen molar-refractivity contribution in [1.29, 1.82) is 0 Å². The summed E-state index contributed by atoms with van der Waals surface area (Å²) < 4.78 is 2.09. The van der Waals surface area contributed by atoms with Crippen molar-refractivity contribution in [3.8, 4) is 0 Å². The van der Waals surface area contributed by atoms with Gasteiger partial charge in [-0.1, -0.05) is 0 Å². The number of amides is 1. The smallest absolute Gasteiger partial charge is 0.239 e. The van der Waals surface area contributed by atoms with E-state index < -0.39 is 0 Å². The number of likely N-dealkylation sites (tertiary alicyclic amines) is 1. The van der Waals surface area contributed by atoms with Crippen molar-refractivity contribution in [2.75, 3.05) is 13.1 Å². The predicted molar refractivity (Wildman–Crippen MR) is 82.0 cm³/mol. The Kier molecular flexibility index (Phi) is 4.29. The Morgan fingerprint density at radius 3 is 2.90 bits per heavy atom. The first-order valence-electron chi connectivity index (χ1n) is 8.30. The van der Waals surface area contributed by atoms with E-state index in [0.717, 1.165) is 45.3 Å². The summed E-state index contributed by atoms with van der Waals surface area (Å²) in [5.41, 5.74) is 2.64. The number of carbonyl (C=O) groups excluding carboxylic acids is 1.